The van der Waals surface area contributed by atoms with Gasteiger partial charge in [0.05, 0.1) is 17.7 Å². The highest BCUT2D eigenvalue weighted by Crippen LogP contribution is 2.32. The number of benzene rings is 1. The van der Waals surface area contributed by atoms with E-state index in [0.29, 0.717) is 15.6 Å². The molecule has 0 saturated carbocycles. The zero-order chi connectivity index (χ0) is 18.7. The molecule has 26 heavy (non-hydrogen) atoms. The Labute approximate surface area is 156 Å². The average Bonchev–Trinajstić information content (AvgIpc) is 3.03. The molecule has 1 saturated heterocycles. The van der Waals surface area contributed by atoms with Crippen LogP contribution in [-0.4, -0.2) is 68.1 Å². The van der Waals surface area contributed by atoms with Gasteiger partial charge in [-0.3, -0.25) is 4.79 Å². The second-order valence-electron chi connectivity index (χ2n) is 6.91. The van der Waals surface area contributed by atoms with E-state index in [1.54, 1.807) is 6.07 Å². The molecule has 1 aliphatic rings. The van der Waals surface area contributed by atoms with Crippen molar-refractivity contribution in [2.75, 3.05) is 52.7 Å². The summed E-state index contributed by atoms with van der Waals surface area (Å²) in [6, 6.07) is 3.03. The number of ether oxygens (including phenoxy) is 1. The van der Waals surface area contributed by atoms with Gasteiger partial charge in [-0.15, -0.1) is 0 Å². The van der Waals surface area contributed by atoms with E-state index in [1.807, 2.05) is 0 Å². The normalized spacial score (nSPS) is 18.4. The molecule has 6 nitrogen and oxygen atoms in total. The first-order valence-electron chi connectivity index (χ1n) is 8.78. The van der Waals surface area contributed by atoms with Crippen LogP contribution in [0.2, 0.25) is 0 Å². The molecule has 1 unspecified atom stereocenters. The van der Waals surface area contributed by atoms with Gasteiger partial charge in [0, 0.05) is 25.7 Å². The second-order valence-corrected chi connectivity index (χ2v) is 7.94. The van der Waals surface area contributed by atoms with E-state index in [0.717, 1.165) is 39.0 Å². The average molecular weight is 380 g/mol. The van der Waals surface area contributed by atoms with Crippen molar-refractivity contribution in [1.29, 1.82) is 0 Å². The maximum Gasteiger partial charge on any atom is 0.230 e. The van der Waals surface area contributed by atoms with Crippen LogP contribution in [0.4, 0.5) is 9.52 Å². The highest BCUT2D eigenvalue weighted by atomic mass is 32.1. The first kappa shape index (κ1) is 19.0. The van der Waals surface area contributed by atoms with Gasteiger partial charge in [-0.25, -0.2) is 9.37 Å². The van der Waals surface area contributed by atoms with Gasteiger partial charge in [-0.1, -0.05) is 11.3 Å². The van der Waals surface area contributed by atoms with E-state index < -0.39 is 5.82 Å². The summed E-state index contributed by atoms with van der Waals surface area (Å²) in [6.07, 6.45) is 1.88. The molecule has 1 amide bonds. The number of fused-ring (bicyclic) bond motifs is 1. The lowest BCUT2D eigenvalue weighted by molar-refractivity contribution is -0.121. The summed E-state index contributed by atoms with van der Waals surface area (Å²) >= 11 is 1.26. The minimum atomic E-state index is -0.441. The number of thiazole rings is 1. The monoisotopic (exact) mass is 380 g/mol. The molecule has 1 aromatic heterocycles. The van der Waals surface area contributed by atoms with E-state index in [-0.39, 0.29) is 17.3 Å². The molecule has 0 radical (unpaired) electrons. The van der Waals surface area contributed by atoms with Gasteiger partial charge < -0.3 is 19.9 Å². The van der Waals surface area contributed by atoms with Crippen LogP contribution >= 0.6 is 11.3 Å². The third kappa shape index (κ3) is 4.49. The predicted molar refractivity (Wildman–Crippen MR) is 102 cm³/mol. The van der Waals surface area contributed by atoms with Gasteiger partial charge in [0.25, 0.3) is 0 Å². The smallest absolute Gasteiger partial charge is 0.230 e. The number of nitrogens with one attached hydrogen (secondary N) is 1. The Bertz CT molecular complexity index is 780. The van der Waals surface area contributed by atoms with Gasteiger partial charge in [0.2, 0.25) is 5.91 Å². The standard InChI is InChI=1S/C18H25FN4O2S/c1-22(2)7-8-23-6-4-5-12(11-23)17(24)21-18-20-16-14(19)9-13(25-3)10-15(16)26-18/h9-10,12H,4-8,11H2,1-3H3,(H,20,21,24). The lowest BCUT2D eigenvalue weighted by Gasteiger charge is -2.32. The molecule has 1 aliphatic heterocycles. The van der Waals surface area contributed by atoms with Crippen molar-refractivity contribution >= 4 is 32.6 Å². The molecule has 0 aliphatic carbocycles. The maximum absolute atomic E-state index is 14.1. The fourth-order valence-electron chi connectivity index (χ4n) is 3.16. The van der Waals surface area contributed by atoms with Crippen LogP contribution in [0.15, 0.2) is 12.1 Å². The molecule has 0 spiro atoms. The number of aromatic nitrogens is 1. The predicted octanol–water partition coefficient (Wildman–Crippen LogP) is 2.66. The number of rotatable bonds is 6. The Kier molecular flexibility index (Phi) is 6.05. The van der Waals surface area contributed by atoms with Gasteiger partial charge >= 0.3 is 0 Å². The number of amides is 1. The molecule has 1 fully saturated rings. The molecule has 3 rings (SSSR count). The van der Waals surface area contributed by atoms with Crippen LogP contribution < -0.4 is 10.1 Å². The first-order chi connectivity index (χ1) is 12.5. The van der Waals surface area contributed by atoms with Crippen molar-refractivity contribution in [3.8, 4) is 5.75 Å². The van der Waals surface area contributed by atoms with E-state index in [2.05, 4.69) is 34.2 Å². The summed E-state index contributed by atoms with van der Waals surface area (Å²) in [5, 5.41) is 3.31. The molecule has 142 valence electrons. The highest BCUT2D eigenvalue weighted by Gasteiger charge is 2.26. The number of carbonyl (C=O) groups is 1. The Morgan fingerprint density at radius 3 is 3.04 bits per heavy atom. The SMILES string of the molecule is COc1cc(F)c2nc(NC(=O)C3CCCN(CCN(C)C)C3)sc2c1. The van der Waals surface area contributed by atoms with Crippen molar-refractivity contribution < 1.29 is 13.9 Å². The lowest BCUT2D eigenvalue weighted by atomic mass is 9.97. The Hall–Kier alpha value is -1.77. The van der Waals surface area contributed by atoms with E-state index in [4.69, 9.17) is 4.74 Å². The zero-order valence-electron chi connectivity index (χ0n) is 15.4. The van der Waals surface area contributed by atoms with Gasteiger partial charge in [0.1, 0.15) is 11.3 Å². The highest BCUT2D eigenvalue weighted by molar-refractivity contribution is 7.22. The van der Waals surface area contributed by atoms with Crippen molar-refractivity contribution in [2.24, 2.45) is 5.92 Å². The van der Waals surface area contributed by atoms with Crippen molar-refractivity contribution in [3.63, 3.8) is 0 Å². The second kappa shape index (κ2) is 8.28. The summed E-state index contributed by atoms with van der Waals surface area (Å²) in [4.78, 5) is 21.3. The van der Waals surface area contributed by atoms with Crippen LogP contribution in [-0.2, 0) is 4.79 Å². The van der Waals surface area contributed by atoms with Crippen LogP contribution in [0.5, 0.6) is 5.75 Å². The van der Waals surface area contributed by atoms with Gasteiger partial charge in [-0.05, 0) is 39.5 Å². The molecular formula is C18H25FN4O2S. The van der Waals surface area contributed by atoms with E-state index >= 15 is 0 Å². The molecule has 0 bridgehead atoms. The Balaban J connectivity index is 1.65. The number of methoxy groups -OCH3 is 1. The number of hydrogen-bond donors (Lipinski definition) is 1. The van der Waals surface area contributed by atoms with Crippen LogP contribution in [0.3, 0.4) is 0 Å². The van der Waals surface area contributed by atoms with Crippen molar-refractivity contribution in [2.45, 2.75) is 12.8 Å². The number of hydrogen-bond acceptors (Lipinski definition) is 6. The van der Waals surface area contributed by atoms with Crippen LogP contribution in [0.25, 0.3) is 10.2 Å². The van der Waals surface area contributed by atoms with Crippen molar-refractivity contribution in [3.05, 3.63) is 17.9 Å². The summed E-state index contributed by atoms with van der Waals surface area (Å²) < 4.78 is 19.8. The molecule has 1 aromatic carbocycles. The summed E-state index contributed by atoms with van der Waals surface area (Å²) in [7, 11) is 5.60. The number of nitrogens with zero attached hydrogens (tertiary/aromatic N) is 3. The first-order valence-corrected chi connectivity index (χ1v) is 9.60. The molecule has 1 atom stereocenters. The number of halogens is 1. The molecule has 1 N–H and O–H groups in total. The Morgan fingerprint density at radius 1 is 1.50 bits per heavy atom. The number of anilines is 1. The number of piperidine rings is 1. The minimum absolute atomic E-state index is 0.0361. The lowest BCUT2D eigenvalue weighted by Crippen LogP contribution is -2.43. The van der Waals surface area contributed by atoms with E-state index in [9.17, 15) is 9.18 Å². The molecule has 2 heterocycles. The number of likely N-dealkylation sites (tertiary alicyclic amines) is 1. The maximum atomic E-state index is 14.1. The molecule has 8 heteroatoms. The van der Waals surface area contributed by atoms with Crippen LogP contribution in [0.1, 0.15) is 12.8 Å². The summed E-state index contributed by atoms with van der Waals surface area (Å²) in [6.45, 7) is 3.73. The van der Waals surface area contributed by atoms with E-state index in [1.165, 1.54) is 24.5 Å². The van der Waals surface area contributed by atoms with Crippen LogP contribution in [0, 0.1) is 11.7 Å². The van der Waals surface area contributed by atoms with Gasteiger partial charge in [0.15, 0.2) is 10.9 Å². The summed E-state index contributed by atoms with van der Waals surface area (Å²) in [5.74, 6) is -0.0905. The topological polar surface area (TPSA) is 57.7 Å². The molecule has 2 aromatic rings. The summed E-state index contributed by atoms with van der Waals surface area (Å²) in [5.41, 5.74) is 0.266. The fraction of sp³-hybridized carbons (Fsp3) is 0.556. The minimum Gasteiger partial charge on any atom is -0.497 e. The largest absolute Gasteiger partial charge is 0.497 e. The van der Waals surface area contributed by atoms with Crippen molar-refractivity contribution in [1.82, 2.24) is 14.8 Å². The Morgan fingerprint density at radius 2 is 2.31 bits per heavy atom. The van der Waals surface area contributed by atoms with Gasteiger partial charge in [-0.2, -0.15) is 0 Å². The zero-order valence-corrected chi connectivity index (χ0v) is 16.2. The molecular weight excluding hydrogens is 355 g/mol. The number of carbonyl (C=O) groups excluding carboxylic acids is 1. The third-order valence-corrected chi connectivity index (χ3v) is 5.55. The number of likely N-dealkylation sites (N-methyl/N-ethyl adjacent to an activating group) is 1. The quantitative estimate of drug-likeness (QED) is 0.835. The third-order valence-electron chi connectivity index (χ3n) is 4.63. The fourth-order valence-corrected chi connectivity index (χ4v) is 4.07.